The Labute approximate surface area is 131 Å². The van der Waals surface area contributed by atoms with Gasteiger partial charge in [-0.25, -0.2) is 4.79 Å². The number of rotatable bonds is 4. The van der Waals surface area contributed by atoms with E-state index < -0.39 is 17.7 Å². The molecule has 0 aliphatic carbocycles. The Hall–Kier alpha value is -2.50. The predicted octanol–water partition coefficient (Wildman–Crippen LogP) is 4.56. The van der Waals surface area contributed by atoms with Crippen LogP contribution in [0.5, 0.6) is 5.75 Å². The molecule has 0 bridgehead atoms. The molecule has 0 heterocycles. The van der Waals surface area contributed by atoms with Crippen LogP contribution in [0.3, 0.4) is 0 Å². The number of halogens is 3. The zero-order chi connectivity index (χ0) is 17.0. The molecule has 23 heavy (non-hydrogen) atoms. The van der Waals surface area contributed by atoms with Crippen LogP contribution in [0.1, 0.15) is 22.8 Å². The summed E-state index contributed by atoms with van der Waals surface area (Å²) in [4.78, 5) is 11.8. The molecule has 0 fully saturated rings. The molecule has 0 atom stereocenters. The maximum absolute atomic E-state index is 13.1. The molecule has 0 saturated heterocycles. The maximum atomic E-state index is 13.1. The van der Waals surface area contributed by atoms with Gasteiger partial charge in [-0.15, -0.1) is 0 Å². The Kier molecular flexibility index (Phi) is 4.93. The second-order valence-electron chi connectivity index (χ2n) is 4.68. The van der Waals surface area contributed by atoms with Crippen molar-refractivity contribution in [3.05, 3.63) is 53.6 Å². The lowest BCUT2D eigenvalue weighted by molar-refractivity contribution is -0.137. The third-order valence-electron chi connectivity index (χ3n) is 3.24. The van der Waals surface area contributed by atoms with Crippen LogP contribution in [0.25, 0.3) is 11.1 Å². The minimum absolute atomic E-state index is 0.0220. The Morgan fingerprint density at radius 2 is 1.83 bits per heavy atom. The van der Waals surface area contributed by atoms with Crippen molar-refractivity contribution in [2.45, 2.75) is 13.1 Å². The summed E-state index contributed by atoms with van der Waals surface area (Å²) in [7, 11) is 1.34. The van der Waals surface area contributed by atoms with Gasteiger partial charge in [-0.05, 0) is 36.2 Å². The van der Waals surface area contributed by atoms with Gasteiger partial charge in [0.1, 0.15) is 11.3 Å². The van der Waals surface area contributed by atoms with E-state index in [9.17, 15) is 18.0 Å². The topological polar surface area (TPSA) is 35.5 Å². The summed E-state index contributed by atoms with van der Waals surface area (Å²) in [6.07, 6.45) is -4.47. The van der Waals surface area contributed by atoms with Gasteiger partial charge in [-0.3, -0.25) is 0 Å². The smallest absolute Gasteiger partial charge is 0.417 e. The highest BCUT2D eigenvalue weighted by Crippen LogP contribution is 2.38. The molecule has 2 rings (SSSR count). The molecular formula is C17H15F3O3. The molecule has 0 aromatic heterocycles. The largest absolute Gasteiger partial charge is 0.496 e. The molecule has 2 aromatic rings. The van der Waals surface area contributed by atoms with E-state index in [0.29, 0.717) is 5.56 Å². The van der Waals surface area contributed by atoms with Crippen molar-refractivity contribution in [3.8, 4) is 16.9 Å². The first kappa shape index (κ1) is 16.9. The van der Waals surface area contributed by atoms with Gasteiger partial charge in [0.25, 0.3) is 0 Å². The van der Waals surface area contributed by atoms with Crippen LogP contribution < -0.4 is 4.74 Å². The average Bonchev–Trinajstić information content (AvgIpc) is 2.53. The number of ether oxygens (including phenoxy) is 2. The molecule has 0 spiro atoms. The first-order valence-corrected chi connectivity index (χ1v) is 6.90. The molecule has 122 valence electrons. The highest BCUT2D eigenvalue weighted by Gasteiger charge is 2.33. The summed E-state index contributed by atoms with van der Waals surface area (Å²) in [5, 5.41) is 0. The lowest BCUT2D eigenvalue weighted by Gasteiger charge is -2.14. The summed E-state index contributed by atoms with van der Waals surface area (Å²) in [5.41, 5.74) is -0.245. The molecule has 3 nitrogen and oxygen atoms in total. The van der Waals surface area contributed by atoms with Crippen LogP contribution in [-0.4, -0.2) is 19.7 Å². The van der Waals surface area contributed by atoms with Crippen molar-refractivity contribution in [2.75, 3.05) is 13.7 Å². The van der Waals surface area contributed by atoms with Gasteiger partial charge in [0.2, 0.25) is 0 Å². The number of carbonyl (C=O) groups excluding carboxylic acids is 1. The summed E-state index contributed by atoms with van der Waals surface area (Å²) in [6, 6.07) is 9.49. The van der Waals surface area contributed by atoms with Gasteiger partial charge >= 0.3 is 12.1 Å². The van der Waals surface area contributed by atoms with E-state index in [-0.39, 0.29) is 23.5 Å². The molecule has 0 N–H and O–H groups in total. The second-order valence-corrected chi connectivity index (χ2v) is 4.68. The first-order chi connectivity index (χ1) is 10.9. The number of benzene rings is 2. The van der Waals surface area contributed by atoms with E-state index >= 15 is 0 Å². The Morgan fingerprint density at radius 1 is 1.13 bits per heavy atom. The van der Waals surface area contributed by atoms with E-state index in [1.165, 1.54) is 43.5 Å². The molecule has 2 aromatic carbocycles. The number of alkyl halides is 3. The molecule has 6 heteroatoms. The van der Waals surface area contributed by atoms with Crippen molar-refractivity contribution >= 4 is 5.97 Å². The molecular weight excluding hydrogens is 309 g/mol. The van der Waals surface area contributed by atoms with Crippen LogP contribution in [0.4, 0.5) is 13.2 Å². The van der Waals surface area contributed by atoms with E-state index in [4.69, 9.17) is 9.47 Å². The SMILES string of the molecule is CCOC(=O)c1ccc(-c2ccccc2C(F)(F)F)cc1OC. The Bertz CT molecular complexity index is 708. The van der Waals surface area contributed by atoms with Crippen LogP contribution in [-0.2, 0) is 10.9 Å². The van der Waals surface area contributed by atoms with E-state index in [2.05, 4.69) is 0 Å². The molecule has 0 amide bonds. The van der Waals surface area contributed by atoms with E-state index in [0.717, 1.165) is 6.07 Å². The lowest BCUT2D eigenvalue weighted by Crippen LogP contribution is -2.08. The zero-order valence-electron chi connectivity index (χ0n) is 12.6. The number of hydrogen-bond acceptors (Lipinski definition) is 3. The highest BCUT2D eigenvalue weighted by molar-refractivity contribution is 5.93. The normalized spacial score (nSPS) is 11.2. The van der Waals surface area contributed by atoms with Gasteiger partial charge < -0.3 is 9.47 Å². The highest BCUT2D eigenvalue weighted by atomic mass is 19.4. The van der Waals surface area contributed by atoms with Gasteiger partial charge in [0, 0.05) is 0 Å². The van der Waals surface area contributed by atoms with Crippen LogP contribution in [0, 0.1) is 0 Å². The molecule has 0 aliphatic rings. The zero-order valence-corrected chi connectivity index (χ0v) is 12.6. The molecule has 0 saturated carbocycles. The Morgan fingerprint density at radius 3 is 2.43 bits per heavy atom. The quantitative estimate of drug-likeness (QED) is 0.774. The molecule has 0 aliphatic heterocycles. The number of carbonyl (C=O) groups is 1. The van der Waals surface area contributed by atoms with Crippen molar-refractivity contribution in [3.63, 3.8) is 0 Å². The van der Waals surface area contributed by atoms with Gasteiger partial charge in [-0.1, -0.05) is 24.3 Å². The summed E-state index contributed by atoms with van der Waals surface area (Å²) in [5.74, 6) is -0.419. The second kappa shape index (κ2) is 6.73. The predicted molar refractivity (Wildman–Crippen MR) is 79.4 cm³/mol. The fourth-order valence-electron chi connectivity index (χ4n) is 2.22. The minimum Gasteiger partial charge on any atom is -0.496 e. The standard InChI is InChI=1S/C17H15F3O3/c1-3-23-16(21)13-9-8-11(10-15(13)22-2)12-6-4-5-7-14(12)17(18,19)20/h4-10H,3H2,1-2H3. The lowest BCUT2D eigenvalue weighted by atomic mass is 9.98. The fourth-order valence-corrected chi connectivity index (χ4v) is 2.22. The number of esters is 1. The fraction of sp³-hybridized carbons (Fsp3) is 0.235. The van der Waals surface area contributed by atoms with Crippen molar-refractivity contribution in [1.82, 2.24) is 0 Å². The van der Waals surface area contributed by atoms with Gasteiger partial charge in [0.15, 0.2) is 0 Å². The van der Waals surface area contributed by atoms with Crippen molar-refractivity contribution in [1.29, 1.82) is 0 Å². The average molecular weight is 324 g/mol. The maximum Gasteiger partial charge on any atom is 0.417 e. The summed E-state index contributed by atoms with van der Waals surface area (Å²) in [6.45, 7) is 1.86. The monoisotopic (exact) mass is 324 g/mol. The number of hydrogen-bond donors (Lipinski definition) is 0. The summed E-state index contributed by atoms with van der Waals surface area (Å²) < 4.78 is 49.4. The van der Waals surface area contributed by atoms with Crippen molar-refractivity contribution in [2.24, 2.45) is 0 Å². The molecule has 0 unspecified atom stereocenters. The number of methoxy groups -OCH3 is 1. The van der Waals surface area contributed by atoms with E-state index in [1.807, 2.05) is 0 Å². The van der Waals surface area contributed by atoms with Gasteiger partial charge in [0.05, 0.1) is 19.3 Å². The van der Waals surface area contributed by atoms with E-state index in [1.54, 1.807) is 6.92 Å². The van der Waals surface area contributed by atoms with Crippen LogP contribution in [0.15, 0.2) is 42.5 Å². The van der Waals surface area contributed by atoms with Crippen LogP contribution >= 0.6 is 0 Å². The van der Waals surface area contributed by atoms with Crippen LogP contribution in [0.2, 0.25) is 0 Å². The van der Waals surface area contributed by atoms with Gasteiger partial charge in [-0.2, -0.15) is 13.2 Å². The molecule has 0 radical (unpaired) electrons. The Balaban J connectivity index is 2.53. The van der Waals surface area contributed by atoms with Crippen molar-refractivity contribution < 1.29 is 27.4 Å². The minimum atomic E-state index is -4.47. The third kappa shape index (κ3) is 3.64. The summed E-state index contributed by atoms with van der Waals surface area (Å²) >= 11 is 0. The first-order valence-electron chi connectivity index (χ1n) is 6.90. The third-order valence-corrected chi connectivity index (χ3v) is 3.24.